The van der Waals surface area contributed by atoms with E-state index in [0.29, 0.717) is 11.7 Å². The molecule has 0 aliphatic rings. The Bertz CT molecular complexity index is 547. The van der Waals surface area contributed by atoms with Crippen molar-refractivity contribution in [1.82, 2.24) is 9.78 Å². The van der Waals surface area contributed by atoms with Gasteiger partial charge < -0.3 is 15.8 Å². The fraction of sp³-hybridized carbons (Fsp3) is 0.167. The van der Waals surface area contributed by atoms with Gasteiger partial charge in [-0.2, -0.15) is 4.99 Å². The van der Waals surface area contributed by atoms with Gasteiger partial charge in [-0.05, 0) is 12.1 Å². The SMILES string of the molecule is COc1cc(N=C(N)Nc2ccccc2)nn1C. The van der Waals surface area contributed by atoms with Gasteiger partial charge >= 0.3 is 0 Å². The van der Waals surface area contributed by atoms with Crippen LogP contribution in [0.2, 0.25) is 0 Å². The quantitative estimate of drug-likeness (QED) is 0.634. The molecule has 18 heavy (non-hydrogen) atoms. The van der Waals surface area contributed by atoms with Crippen molar-refractivity contribution in [3.8, 4) is 5.88 Å². The van der Waals surface area contributed by atoms with Crippen LogP contribution < -0.4 is 15.8 Å². The Morgan fingerprint density at radius 1 is 1.39 bits per heavy atom. The van der Waals surface area contributed by atoms with E-state index in [1.54, 1.807) is 24.9 Å². The number of aliphatic imine (C=N–C) groups is 1. The Hall–Kier alpha value is -2.50. The van der Waals surface area contributed by atoms with Gasteiger partial charge in [0.25, 0.3) is 0 Å². The van der Waals surface area contributed by atoms with Gasteiger partial charge in [0.15, 0.2) is 11.8 Å². The summed E-state index contributed by atoms with van der Waals surface area (Å²) < 4.78 is 6.69. The third kappa shape index (κ3) is 2.79. The zero-order chi connectivity index (χ0) is 13.0. The number of benzene rings is 1. The molecule has 0 saturated carbocycles. The number of aryl methyl sites for hydroxylation is 1. The van der Waals surface area contributed by atoms with Crippen LogP contribution in [0.4, 0.5) is 11.5 Å². The largest absolute Gasteiger partial charge is 0.481 e. The lowest BCUT2D eigenvalue weighted by Crippen LogP contribution is -2.21. The average Bonchev–Trinajstić information content (AvgIpc) is 2.70. The molecule has 6 nitrogen and oxygen atoms in total. The van der Waals surface area contributed by atoms with Crippen LogP contribution in [0, 0.1) is 0 Å². The molecule has 0 bridgehead atoms. The highest BCUT2D eigenvalue weighted by Gasteiger charge is 2.04. The van der Waals surface area contributed by atoms with Crippen LogP contribution in [-0.2, 0) is 7.05 Å². The van der Waals surface area contributed by atoms with Crippen LogP contribution in [0.15, 0.2) is 41.4 Å². The third-order valence-corrected chi connectivity index (χ3v) is 2.31. The number of ether oxygens (including phenoxy) is 1. The van der Waals surface area contributed by atoms with Crippen LogP contribution >= 0.6 is 0 Å². The second-order valence-electron chi connectivity index (χ2n) is 3.66. The molecule has 2 aromatic rings. The molecule has 0 aliphatic carbocycles. The lowest BCUT2D eigenvalue weighted by molar-refractivity contribution is 0.373. The minimum absolute atomic E-state index is 0.280. The number of anilines is 1. The summed E-state index contributed by atoms with van der Waals surface area (Å²) in [5.41, 5.74) is 6.66. The molecule has 0 spiro atoms. The molecule has 0 amide bonds. The summed E-state index contributed by atoms with van der Waals surface area (Å²) in [5.74, 6) is 1.40. The summed E-state index contributed by atoms with van der Waals surface area (Å²) >= 11 is 0. The number of nitrogens with zero attached hydrogens (tertiary/aromatic N) is 3. The van der Waals surface area contributed by atoms with E-state index in [2.05, 4.69) is 15.4 Å². The Morgan fingerprint density at radius 3 is 2.72 bits per heavy atom. The number of methoxy groups -OCH3 is 1. The van der Waals surface area contributed by atoms with Crippen molar-refractivity contribution >= 4 is 17.5 Å². The first-order chi connectivity index (χ1) is 8.69. The first-order valence-electron chi connectivity index (χ1n) is 5.43. The molecule has 1 heterocycles. The zero-order valence-corrected chi connectivity index (χ0v) is 10.3. The van der Waals surface area contributed by atoms with Crippen molar-refractivity contribution in [2.24, 2.45) is 17.8 Å². The molecule has 0 unspecified atom stereocenters. The van der Waals surface area contributed by atoms with E-state index < -0.39 is 0 Å². The van der Waals surface area contributed by atoms with Gasteiger partial charge in [-0.1, -0.05) is 18.2 Å². The molecule has 94 valence electrons. The van der Waals surface area contributed by atoms with Gasteiger partial charge in [-0.3, -0.25) is 0 Å². The second kappa shape index (κ2) is 5.22. The molecular formula is C12H15N5O. The minimum Gasteiger partial charge on any atom is -0.481 e. The van der Waals surface area contributed by atoms with Gasteiger partial charge in [-0.25, -0.2) is 4.68 Å². The maximum atomic E-state index is 5.79. The Labute approximate surface area is 105 Å². The fourth-order valence-corrected chi connectivity index (χ4v) is 1.50. The second-order valence-corrected chi connectivity index (χ2v) is 3.66. The van der Waals surface area contributed by atoms with Crippen molar-refractivity contribution in [3.63, 3.8) is 0 Å². The molecule has 6 heteroatoms. The molecule has 2 rings (SSSR count). The predicted octanol–water partition coefficient (Wildman–Crippen LogP) is 1.49. The summed E-state index contributed by atoms with van der Waals surface area (Å²) in [6.45, 7) is 0. The molecular weight excluding hydrogens is 230 g/mol. The van der Waals surface area contributed by atoms with Gasteiger partial charge in [0.05, 0.1) is 7.11 Å². The highest BCUT2D eigenvalue weighted by molar-refractivity contribution is 5.93. The summed E-state index contributed by atoms with van der Waals surface area (Å²) in [5, 5.41) is 7.12. The Balaban J connectivity index is 2.12. The van der Waals surface area contributed by atoms with Crippen molar-refractivity contribution in [2.75, 3.05) is 12.4 Å². The summed E-state index contributed by atoms with van der Waals surface area (Å²) in [7, 11) is 3.36. The molecule has 0 fully saturated rings. The third-order valence-electron chi connectivity index (χ3n) is 2.31. The number of nitrogens with one attached hydrogen (secondary N) is 1. The molecule has 0 atom stereocenters. The monoisotopic (exact) mass is 245 g/mol. The molecule has 3 N–H and O–H groups in total. The molecule has 0 radical (unpaired) electrons. The van der Waals surface area contributed by atoms with Gasteiger partial charge in [0.2, 0.25) is 5.88 Å². The van der Waals surface area contributed by atoms with Gasteiger partial charge in [-0.15, -0.1) is 5.10 Å². The fourth-order valence-electron chi connectivity index (χ4n) is 1.50. The summed E-state index contributed by atoms with van der Waals surface area (Å²) in [4.78, 5) is 4.16. The first kappa shape index (κ1) is 12.0. The number of para-hydroxylation sites is 1. The van der Waals surface area contributed by atoms with Crippen LogP contribution in [0.25, 0.3) is 0 Å². The average molecular weight is 245 g/mol. The topological polar surface area (TPSA) is 77.5 Å². The molecule has 1 aromatic carbocycles. The lowest BCUT2D eigenvalue weighted by atomic mass is 10.3. The Kier molecular flexibility index (Phi) is 3.47. The standard InChI is InChI=1S/C12H15N5O/c1-17-11(18-2)8-10(16-17)15-12(13)14-9-6-4-3-5-7-9/h3-8H,1-2H3,(H3,13,14,15,16). The predicted molar refractivity (Wildman–Crippen MR) is 71.1 cm³/mol. The van der Waals surface area contributed by atoms with Crippen molar-refractivity contribution in [1.29, 1.82) is 0 Å². The van der Waals surface area contributed by atoms with E-state index in [1.807, 2.05) is 30.3 Å². The maximum Gasteiger partial charge on any atom is 0.213 e. The van der Waals surface area contributed by atoms with Crippen LogP contribution in [0.3, 0.4) is 0 Å². The Morgan fingerprint density at radius 2 is 2.11 bits per heavy atom. The van der Waals surface area contributed by atoms with E-state index in [4.69, 9.17) is 10.5 Å². The molecule has 0 saturated heterocycles. The van der Waals surface area contributed by atoms with Crippen molar-refractivity contribution in [2.45, 2.75) is 0 Å². The van der Waals surface area contributed by atoms with E-state index in [9.17, 15) is 0 Å². The van der Waals surface area contributed by atoms with Crippen LogP contribution in [-0.4, -0.2) is 22.8 Å². The lowest BCUT2D eigenvalue weighted by Gasteiger charge is -2.03. The minimum atomic E-state index is 0.280. The normalized spacial score (nSPS) is 11.3. The number of rotatable bonds is 3. The van der Waals surface area contributed by atoms with Gasteiger partial charge in [0.1, 0.15) is 0 Å². The first-order valence-corrected chi connectivity index (χ1v) is 5.43. The number of nitrogens with two attached hydrogens (primary N) is 1. The summed E-state index contributed by atoms with van der Waals surface area (Å²) in [6.07, 6.45) is 0. The molecule has 1 aromatic heterocycles. The van der Waals surface area contributed by atoms with Crippen LogP contribution in [0.1, 0.15) is 0 Å². The maximum absolute atomic E-state index is 5.79. The number of aromatic nitrogens is 2. The van der Waals surface area contributed by atoms with E-state index in [-0.39, 0.29) is 5.96 Å². The summed E-state index contributed by atoms with van der Waals surface area (Å²) in [6, 6.07) is 11.3. The van der Waals surface area contributed by atoms with Gasteiger partial charge in [0, 0.05) is 18.8 Å². The highest BCUT2D eigenvalue weighted by atomic mass is 16.5. The number of hydrogen-bond donors (Lipinski definition) is 2. The van der Waals surface area contributed by atoms with Crippen LogP contribution in [0.5, 0.6) is 5.88 Å². The number of hydrogen-bond acceptors (Lipinski definition) is 3. The van der Waals surface area contributed by atoms with Crippen molar-refractivity contribution in [3.05, 3.63) is 36.4 Å². The zero-order valence-electron chi connectivity index (χ0n) is 10.3. The van der Waals surface area contributed by atoms with Crippen molar-refractivity contribution < 1.29 is 4.74 Å². The molecule has 0 aliphatic heterocycles. The highest BCUT2D eigenvalue weighted by Crippen LogP contribution is 2.17. The van der Waals surface area contributed by atoms with E-state index in [1.165, 1.54) is 0 Å². The number of guanidine groups is 1. The smallest absolute Gasteiger partial charge is 0.213 e. The van der Waals surface area contributed by atoms with E-state index >= 15 is 0 Å². The van der Waals surface area contributed by atoms with E-state index in [0.717, 1.165) is 5.69 Å².